The molecule has 186 valence electrons. The molecule has 10 heteroatoms. The summed E-state index contributed by atoms with van der Waals surface area (Å²) in [4.78, 5) is 16.8. The maximum Gasteiger partial charge on any atom is 0.257 e. The highest BCUT2D eigenvalue weighted by Gasteiger charge is 2.24. The minimum Gasteiger partial charge on any atom is -0.493 e. The highest BCUT2D eigenvalue weighted by atomic mass is 35.5. The second-order valence-electron chi connectivity index (χ2n) is 7.97. The molecule has 3 rings (SSSR count). The van der Waals surface area contributed by atoms with Crippen LogP contribution < -0.4 is 25.3 Å². The number of rotatable bonds is 8. The van der Waals surface area contributed by atoms with Crippen molar-refractivity contribution in [1.82, 2.24) is 15.1 Å². The van der Waals surface area contributed by atoms with Crippen LogP contribution >= 0.6 is 12.4 Å². The predicted octanol–water partition coefficient (Wildman–Crippen LogP) is 2.64. The smallest absolute Gasteiger partial charge is 0.257 e. The van der Waals surface area contributed by atoms with E-state index in [4.69, 9.17) is 25.4 Å². The summed E-state index contributed by atoms with van der Waals surface area (Å²) < 4.78 is 16.5. The maximum atomic E-state index is 12.0. The molecule has 2 aromatic carbocycles. The molecule has 0 aromatic heterocycles. The fraction of sp³-hybridized carbons (Fsp3) is 0.417. The highest BCUT2D eigenvalue weighted by molar-refractivity contribution is 6.04. The van der Waals surface area contributed by atoms with Gasteiger partial charge in [-0.2, -0.15) is 0 Å². The molecule has 1 atom stereocenters. The summed E-state index contributed by atoms with van der Waals surface area (Å²) in [5, 5.41) is 9.48. The Bertz CT molecular complexity index is 978. The first-order valence-corrected chi connectivity index (χ1v) is 10.9. The molecular weight excluding hydrogens is 458 g/mol. The molecule has 1 unspecified atom stereocenters. The van der Waals surface area contributed by atoms with Crippen LogP contribution in [-0.4, -0.2) is 69.2 Å². The Kier molecular flexibility index (Phi) is 9.97. The van der Waals surface area contributed by atoms with E-state index in [2.05, 4.69) is 22.0 Å². The lowest BCUT2D eigenvalue weighted by molar-refractivity contribution is 0.0967. The van der Waals surface area contributed by atoms with E-state index >= 15 is 0 Å². The number of halogens is 1. The lowest BCUT2D eigenvalue weighted by Gasteiger charge is -2.38. The molecule has 1 aliphatic heterocycles. The summed E-state index contributed by atoms with van der Waals surface area (Å²) >= 11 is 0. The van der Waals surface area contributed by atoms with Crippen molar-refractivity contribution in [3.05, 3.63) is 53.1 Å². The number of piperazine rings is 1. The molecule has 1 saturated heterocycles. The summed E-state index contributed by atoms with van der Waals surface area (Å²) in [6, 6.07) is 11.6. The van der Waals surface area contributed by atoms with Crippen LogP contribution in [0, 0.1) is 5.41 Å². The van der Waals surface area contributed by atoms with Crippen LogP contribution in [-0.2, 0) is 6.54 Å². The number of benzene rings is 2. The number of amides is 1. The van der Waals surface area contributed by atoms with E-state index in [9.17, 15) is 4.79 Å². The van der Waals surface area contributed by atoms with Gasteiger partial charge in [0.25, 0.3) is 5.91 Å². The van der Waals surface area contributed by atoms with Gasteiger partial charge in [-0.25, -0.2) is 0 Å². The van der Waals surface area contributed by atoms with Gasteiger partial charge in [0.15, 0.2) is 17.5 Å². The van der Waals surface area contributed by atoms with E-state index in [1.807, 2.05) is 24.3 Å². The summed E-state index contributed by atoms with van der Waals surface area (Å²) in [7, 11) is 4.88. The fourth-order valence-electron chi connectivity index (χ4n) is 4.16. The number of hydrogen-bond acceptors (Lipinski definition) is 7. The van der Waals surface area contributed by atoms with E-state index in [0.717, 1.165) is 43.9 Å². The van der Waals surface area contributed by atoms with Gasteiger partial charge in [-0.05, 0) is 30.7 Å². The van der Waals surface area contributed by atoms with Crippen molar-refractivity contribution in [2.75, 3.05) is 47.5 Å². The van der Waals surface area contributed by atoms with Gasteiger partial charge in [0, 0.05) is 49.9 Å². The van der Waals surface area contributed by atoms with Crippen LogP contribution in [0.25, 0.3) is 0 Å². The molecule has 1 heterocycles. The molecule has 0 saturated carbocycles. The molecule has 4 N–H and O–H groups in total. The maximum absolute atomic E-state index is 12.0. The Labute approximate surface area is 207 Å². The third-order valence-electron chi connectivity index (χ3n) is 6.04. The average Bonchev–Trinajstić information content (AvgIpc) is 2.83. The first kappa shape index (κ1) is 27.2. The Morgan fingerprint density at radius 1 is 1.00 bits per heavy atom. The zero-order valence-corrected chi connectivity index (χ0v) is 20.9. The molecule has 0 bridgehead atoms. The second-order valence-corrected chi connectivity index (χ2v) is 7.97. The monoisotopic (exact) mass is 491 g/mol. The number of methoxy groups -OCH3 is 3. The minimum atomic E-state index is -0.374. The molecule has 0 radical (unpaired) electrons. The Morgan fingerprint density at radius 3 is 2.15 bits per heavy atom. The van der Waals surface area contributed by atoms with E-state index in [1.165, 1.54) is 0 Å². The number of ether oxygens (including phenoxy) is 3. The van der Waals surface area contributed by atoms with Gasteiger partial charge >= 0.3 is 0 Å². The van der Waals surface area contributed by atoms with E-state index in [1.54, 1.807) is 33.5 Å². The Hall–Kier alpha value is -3.01. The van der Waals surface area contributed by atoms with Crippen molar-refractivity contribution in [2.45, 2.75) is 19.5 Å². The summed E-state index contributed by atoms with van der Waals surface area (Å²) in [6.07, 6.45) is 0. The number of hydrogen-bond donors (Lipinski definition) is 3. The number of carbonyl (C=O) groups is 1. The van der Waals surface area contributed by atoms with Crippen LogP contribution in [0.15, 0.2) is 36.4 Å². The van der Waals surface area contributed by atoms with Gasteiger partial charge in [0.1, 0.15) is 0 Å². The van der Waals surface area contributed by atoms with E-state index in [-0.39, 0.29) is 30.3 Å². The van der Waals surface area contributed by atoms with Crippen LogP contribution in [0.3, 0.4) is 0 Å². The highest BCUT2D eigenvalue weighted by Crippen LogP contribution is 2.40. The van der Waals surface area contributed by atoms with Gasteiger partial charge in [0.2, 0.25) is 5.75 Å². The molecule has 9 nitrogen and oxygen atoms in total. The topological polar surface area (TPSA) is 113 Å². The largest absolute Gasteiger partial charge is 0.493 e. The normalized spacial score (nSPS) is 15.1. The summed E-state index contributed by atoms with van der Waals surface area (Å²) in [6.45, 7) is 6.68. The number of nitrogens with zero attached hydrogens (tertiary/aromatic N) is 2. The van der Waals surface area contributed by atoms with E-state index < -0.39 is 0 Å². The van der Waals surface area contributed by atoms with Crippen molar-refractivity contribution in [3.63, 3.8) is 0 Å². The molecule has 0 aliphatic carbocycles. The van der Waals surface area contributed by atoms with Crippen molar-refractivity contribution in [1.29, 1.82) is 5.41 Å². The Morgan fingerprint density at radius 2 is 1.62 bits per heavy atom. The molecule has 0 spiro atoms. The summed E-state index contributed by atoms with van der Waals surface area (Å²) in [5.41, 5.74) is 7.92. The van der Waals surface area contributed by atoms with Crippen molar-refractivity contribution >= 4 is 24.3 Å². The van der Waals surface area contributed by atoms with Gasteiger partial charge in [-0.1, -0.05) is 18.2 Å². The zero-order valence-electron chi connectivity index (χ0n) is 20.1. The molecule has 1 fully saturated rings. The lowest BCUT2D eigenvalue weighted by atomic mass is 10.0. The summed E-state index contributed by atoms with van der Waals surface area (Å²) in [5.74, 6) is 1.25. The number of carbonyl (C=O) groups excluding carboxylic acids is 1. The number of nitrogens with two attached hydrogens (primary N) is 1. The third kappa shape index (κ3) is 6.31. The molecule has 2 aromatic rings. The third-order valence-corrected chi connectivity index (χ3v) is 6.04. The molecular formula is C24H34ClN5O4. The second kappa shape index (κ2) is 12.5. The first-order chi connectivity index (χ1) is 15.9. The van der Waals surface area contributed by atoms with Crippen molar-refractivity contribution in [2.24, 2.45) is 5.73 Å². The first-order valence-electron chi connectivity index (χ1n) is 10.9. The predicted molar refractivity (Wildman–Crippen MR) is 134 cm³/mol. The molecule has 34 heavy (non-hydrogen) atoms. The van der Waals surface area contributed by atoms with Gasteiger partial charge in [0.05, 0.1) is 21.3 Å². The minimum absolute atomic E-state index is 0. The lowest BCUT2D eigenvalue weighted by Crippen LogP contribution is -2.46. The zero-order chi connectivity index (χ0) is 24.0. The fourth-order valence-corrected chi connectivity index (χ4v) is 4.16. The number of nitrogens with one attached hydrogen (secondary N) is 2. The van der Waals surface area contributed by atoms with Crippen LogP contribution in [0.2, 0.25) is 0 Å². The van der Waals surface area contributed by atoms with Crippen molar-refractivity contribution < 1.29 is 19.0 Å². The van der Waals surface area contributed by atoms with Gasteiger partial charge in [-0.15, -0.1) is 12.4 Å². The van der Waals surface area contributed by atoms with Gasteiger partial charge < -0.3 is 19.9 Å². The molecule has 1 aliphatic rings. The average molecular weight is 492 g/mol. The van der Waals surface area contributed by atoms with Crippen LogP contribution in [0.4, 0.5) is 0 Å². The molecule has 1 amide bonds. The quantitative estimate of drug-likeness (QED) is 0.384. The SMILES string of the molecule is COc1ccc(CN2CCN(C(C)c3ccc(C(=O)NC(=N)N)cc3)CC2)c(OC)c1OC.Cl. The standard InChI is InChI=1S/C24H33N5O4.ClH/c1-16(17-5-7-18(8-6-17)23(30)27-24(25)26)29-13-11-28(12-14-29)15-19-9-10-20(31-2)22(33-4)21(19)32-3;/h5-10,16H,11-15H2,1-4H3,(H4,25,26,27,30);1H. The van der Waals surface area contributed by atoms with E-state index in [0.29, 0.717) is 22.8 Å². The van der Waals surface area contributed by atoms with Crippen LogP contribution in [0.1, 0.15) is 34.5 Å². The van der Waals surface area contributed by atoms with Crippen LogP contribution in [0.5, 0.6) is 17.2 Å². The van der Waals surface area contributed by atoms with Gasteiger partial charge in [-0.3, -0.25) is 25.3 Å². The van der Waals surface area contributed by atoms with Crippen molar-refractivity contribution in [3.8, 4) is 17.2 Å². The Balaban J connectivity index is 0.00000408. The number of guanidine groups is 1.